The monoisotopic (exact) mass is 236 g/mol. The molecule has 80 valence electrons. The molecule has 1 atom stereocenters. The number of hydrogen-bond acceptors (Lipinski definition) is 5. The van der Waals surface area contributed by atoms with Gasteiger partial charge in [-0.1, -0.05) is 23.5 Å². The van der Waals surface area contributed by atoms with Crippen molar-refractivity contribution >= 4 is 39.7 Å². The number of carboxylic acid groups (broad SMARTS) is 1. The van der Waals surface area contributed by atoms with Crippen LogP contribution in [0.2, 0.25) is 0 Å². The van der Waals surface area contributed by atoms with E-state index in [4.69, 9.17) is 5.11 Å². The van der Waals surface area contributed by atoms with Crippen molar-refractivity contribution in [3.05, 3.63) is 0 Å². The molecule has 0 amide bonds. The Bertz CT molecular complexity index is 239. The Balaban J connectivity index is 3.91. The molecule has 0 aromatic heterocycles. The minimum Gasteiger partial charge on any atom is -0.480 e. The molecule has 0 spiro atoms. The van der Waals surface area contributed by atoms with Gasteiger partial charge in [-0.3, -0.25) is 14.4 Å². The number of carboxylic acids is 1. The van der Waals surface area contributed by atoms with Crippen molar-refractivity contribution < 1.29 is 19.5 Å². The van der Waals surface area contributed by atoms with E-state index in [2.05, 4.69) is 0 Å². The third kappa shape index (κ3) is 6.97. The summed E-state index contributed by atoms with van der Waals surface area (Å²) in [4.78, 5) is 31.9. The molecular weight excluding hydrogens is 224 g/mol. The second-order valence-electron chi connectivity index (χ2n) is 2.57. The summed E-state index contributed by atoms with van der Waals surface area (Å²) in [6, 6.07) is 0. The van der Waals surface area contributed by atoms with Gasteiger partial charge in [0.1, 0.15) is 5.25 Å². The van der Waals surface area contributed by atoms with Crippen LogP contribution in [0.5, 0.6) is 0 Å². The van der Waals surface area contributed by atoms with Crippen molar-refractivity contribution in [1.82, 2.24) is 0 Å². The summed E-state index contributed by atoms with van der Waals surface area (Å²) in [5.74, 6) is -0.568. The molecule has 0 aromatic carbocycles. The largest absolute Gasteiger partial charge is 0.480 e. The average Bonchev–Trinajstić information content (AvgIpc) is 2.00. The maximum atomic E-state index is 10.7. The van der Waals surface area contributed by atoms with Crippen LogP contribution in [-0.4, -0.2) is 32.3 Å². The van der Waals surface area contributed by atoms with Gasteiger partial charge in [-0.15, -0.1) is 0 Å². The minimum atomic E-state index is -1.01. The second-order valence-corrected chi connectivity index (χ2v) is 5.22. The Kier molecular flexibility index (Phi) is 6.65. The van der Waals surface area contributed by atoms with Gasteiger partial charge >= 0.3 is 5.97 Å². The predicted molar refractivity (Wildman–Crippen MR) is 57.5 cm³/mol. The zero-order chi connectivity index (χ0) is 11.1. The van der Waals surface area contributed by atoms with E-state index in [-0.39, 0.29) is 10.2 Å². The Labute approximate surface area is 90.8 Å². The van der Waals surface area contributed by atoms with Crippen LogP contribution in [0.15, 0.2) is 0 Å². The topological polar surface area (TPSA) is 71.4 Å². The van der Waals surface area contributed by atoms with Crippen LogP contribution >= 0.6 is 23.5 Å². The lowest BCUT2D eigenvalue weighted by Crippen LogP contribution is -2.18. The summed E-state index contributed by atoms with van der Waals surface area (Å²) >= 11 is 1.87. The van der Waals surface area contributed by atoms with Crippen molar-refractivity contribution in [1.29, 1.82) is 0 Å². The van der Waals surface area contributed by atoms with E-state index < -0.39 is 11.2 Å². The summed E-state index contributed by atoms with van der Waals surface area (Å²) in [6.45, 7) is 2.76. The fourth-order valence-corrected chi connectivity index (χ4v) is 2.27. The molecule has 0 aromatic rings. The minimum absolute atomic E-state index is 0.0398. The molecule has 1 N–H and O–H groups in total. The lowest BCUT2D eigenvalue weighted by Gasteiger charge is -2.08. The molecule has 0 bridgehead atoms. The van der Waals surface area contributed by atoms with Gasteiger partial charge in [-0.25, -0.2) is 0 Å². The van der Waals surface area contributed by atoms with E-state index in [1.807, 2.05) is 0 Å². The molecule has 4 nitrogen and oxygen atoms in total. The van der Waals surface area contributed by atoms with E-state index in [0.717, 1.165) is 23.5 Å². The molecule has 0 aliphatic carbocycles. The lowest BCUT2D eigenvalue weighted by molar-refractivity contribution is -0.136. The molecule has 0 aliphatic heterocycles. The number of carbonyl (C=O) groups is 3. The van der Waals surface area contributed by atoms with Crippen molar-refractivity contribution in [2.24, 2.45) is 0 Å². The Morgan fingerprint density at radius 2 is 1.79 bits per heavy atom. The third-order valence-corrected chi connectivity index (χ3v) is 3.17. The van der Waals surface area contributed by atoms with Gasteiger partial charge in [-0.05, 0) is 6.42 Å². The number of carbonyl (C=O) groups excluding carboxylic acids is 2. The first-order valence-electron chi connectivity index (χ1n) is 3.97. The van der Waals surface area contributed by atoms with E-state index in [1.165, 1.54) is 13.8 Å². The number of aliphatic carboxylic acids is 1. The molecule has 14 heavy (non-hydrogen) atoms. The van der Waals surface area contributed by atoms with Crippen LogP contribution in [0.4, 0.5) is 0 Å². The van der Waals surface area contributed by atoms with Gasteiger partial charge in [0, 0.05) is 19.6 Å². The van der Waals surface area contributed by atoms with Crippen LogP contribution in [0.25, 0.3) is 0 Å². The summed E-state index contributed by atoms with van der Waals surface area (Å²) < 4.78 is 0. The highest BCUT2D eigenvalue weighted by Crippen LogP contribution is 2.18. The van der Waals surface area contributed by atoms with Gasteiger partial charge in [0.2, 0.25) is 0 Å². The fraction of sp³-hybridized carbons (Fsp3) is 0.625. The van der Waals surface area contributed by atoms with Crippen molar-refractivity contribution in [2.45, 2.75) is 25.5 Å². The zero-order valence-electron chi connectivity index (χ0n) is 7.98. The van der Waals surface area contributed by atoms with Crippen LogP contribution in [0.1, 0.15) is 20.3 Å². The molecule has 0 aliphatic rings. The van der Waals surface area contributed by atoms with Crippen molar-refractivity contribution in [3.63, 3.8) is 0 Å². The third-order valence-electron chi connectivity index (χ3n) is 1.27. The number of rotatable bonds is 5. The maximum absolute atomic E-state index is 10.7. The van der Waals surface area contributed by atoms with E-state index >= 15 is 0 Å². The van der Waals surface area contributed by atoms with Crippen LogP contribution in [0.3, 0.4) is 0 Å². The highest BCUT2D eigenvalue weighted by molar-refractivity contribution is 8.15. The van der Waals surface area contributed by atoms with E-state index in [0.29, 0.717) is 12.2 Å². The first-order valence-corrected chi connectivity index (χ1v) is 5.83. The molecule has 0 saturated heterocycles. The summed E-state index contributed by atoms with van der Waals surface area (Å²) in [5.41, 5.74) is 0. The Morgan fingerprint density at radius 3 is 2.14 bits per heavy atom. The predicted octanol–water partition coefficient (Wildman–Crippen LogP) is 1.39. The van der Waals surface area contributed by atoms with Crippen LogP contribution in [0, 0.1) is 0 Å². The zero-order valence-corrected chi connectivity index (χ0v) is 9.61. The number of hydrogen-bond donors (Lipinski definition) is 1. The molecule has 6 heteroatoms. The second kappa shape index (κ2) is 6.89. The van der Waals surface area contributed by atoms with Gasteiger partial charge in [0.15, 0.2) is 10.2 Å². The molecule has 0 rings (SSSR count). The summed E-state index contributed by atoms with van der Waals surface area (Å²) in [5, 5.41) is 7.73. The van der Waals surface area contributed by atoms with Crippen molar-refractivity contribution in [3.8, 4) is 0 Å². The van der Waals surface area contributed by atoms with E-state index in [1.54, 1.807) is 0 Å². The Morgan fingerprint density at radius 1 is 1.21 bits per heavy atom. The van der Waals surface area contributed by atoms with Crippen molar-refractivity contribution in [2.75, 3.05) is 5.75 Å². The van der Waals surface area contributed by atoms with Gasteiger partial charge < -0.3 is 5.11 Å². The standard InChI is InChI=1S/C8H12O4S2/c1-5(9)13-4-3-7(8(11)12)14-6(2)10/h7H,3-4H2,1-2H3,(H,11,12). The molecule has 0 fully saturated rings. The highest BCUT2D eigenvalue weighted by atomic mass is 32.2. The first-order chi connectivity index (χ1) is 6.43. The van der Waals surface area contributed by atoms with Crippen LogP contribution in [-0.2, 0) is 14.4 Å². The average molecular weight is 236 g/mol. The quantitative estimate of drug-likeness (QED) is 0.777. The van der Waals surface area contributed by atoms with Crippen LogP contribution < -0.4 is 0 Å². The van der Waals surface area contributed by atoms with Gasteiger partial charge in [0.25, 0.3) is 0 Å². The maximum Gasteiger partial charge on any atom is 0.317 e. The summed E-state index contributed by atoms with van der Waals surface area (Å²) in [6.07, 6.45) is 0.323. The first kappa shape index (κ1) is 13.5. The molecule has 0 heterocycles. The molecule has 0 radical (unpaired) electrons. The number of thioether (sulfide) groups is 2. The SMILES string of the molecule is CC(=O)SCCC(SC(C)=O)C(=O)O. The summed E-state index contributed by atoms with van der Waals surface area (Å²) in [7, 11) is 0. The molecular formula is C8H12O4S2. The fourth-order valence-electron chi connectivity index (χ4n) is 0.743. The van der Waals surface area contributed by atoms with Gasteiger partial charge in [-0.2, -0.15) is 0 Å². The van der Waals surface area contributed by atoms with Gasteiger partial charge in [0.05, 0.1) is 0 Å². The normalized spacial score (nSPS) is 12.1. The Hall–Kier alpha value is -0.490. The highest BCUT2D eigenvalue weighted by Gasteiger charge is 2.19. The lowest BCUT2D eigenvalue weighted by atomic mass is 10.3. The van der Waals surface area contributed by atoms with E-state index in [9.17, 15) is 14.4 Å². The smallest absolute Gasteiger partial charge is 0.317 e. The molecule has 1 unspecified atom stereocenters. The molecule has 0 saturated carbocycles.